The molecule has 2 aromatic carbocycles. The molecule has 0 bridgehead atoms. The Hall–Kier alpha value is -3.19. The predicted octanol–water partition coefficient (Wildman–Crippen LogP) is 2.43. The summed E-state index contributed by atoms with van der Waals surface area (Å²) in [6, 6.07) is 11.7. The Balaban J connectivity index is 1.58. The first kappa shape index (κ1) is 33.7. The molecule has 1 fully saturated rings. The molecule has 2 amide bonds. The van der Waals surface area contributed by atoms with E-state index in [4.69, 9.17) is 9.47 Å². The number of amides is 2. The van der Waals surface area contributed by atoms with E-state index in [0.29, 0.717) is 17.9 Å². The van der Waals surface area contributed by atoms with Crippen LogP contribution >= 0.6 is 0 Å². The first-order valence-corrected chi connectivity index (χ1v) is 16.7. The van der Waals surface area contributed by atoms with E-state index < -0.39 is 39.5 Å². The molecular weight excluding hydrogens is 584 g/mol. The van der Waals surface area contributed by atoms with Crippen LogP contribution in [0.3, 0.4) is 0 Å². The number of aliphatic hydroxyl groups is 1. The number of nitrogens with one attached hydrogen (secondary N) is 3. The first-order chi connectivity index (χ1) is 20.8. The van der Waals surface area contributed by atoms with Crippen molar-refractivity contribution >= 4 is 21.8 Å². The maximum absolute atomic E-state index is 13.9. The lowest BCUT2D eigenvalue weighted by molar-refractivity contribution is -0.133. The molecule has 44 heavy (non-hydrogen) atoms. The van der Waals surface area contributed by atoms with E-state index in [1.807, 2.05) is 65.0 Å². The zero-order valence-electron chi connectivity index (χ0n) is 26.2. The van der Waals surface area contributed by atoms with Crippen LogP contribution in [0.2, 0.25) is 0 Å². The van der Waals surface area contributed by atoms with Crippen molar-refractivity contribution in [1.29, 1.82) is 0 Å². The van der Waals surface area contributed by atoms with Crippen molar-refractivity contribution in [1.82, 2.24) is 20.3 Å². The highest BCUT2D eigenvalue weighted by Gasteiger charge is 2.38. The maximum Gasteiger partial charge on any atom is 0.243 e. The summed E-state index contributed by atoms with van der Waals surface area (Å²) in [4.78, 5) is 26.8. The van der Waals surface area contributed by atoms with Crippen molar-refractivity contribution in [3.63, 3.8) is 0 Å². The van der Waals surface area contributed by atoms with Gasteiger partial charge in [-0.1, -0.05) is 65.0 Å². The SMILES string of the molecule is CC(C)CN(C[C@@H](O)C(Cc1ccccc1)NC(=O)[C@@H](NC(=O)[C@@H]1CCCN1)C(C)(C)C)S(=O)(=O)c1ccc2c(c1)OCO2. The molecule has 242 valence electrons. The minimum absolute atomic E-state index is 0.0152. The van der Waals surface area contributed by atoms with E-state index in [1.54, 1.807) is 6.07 Å². The summed E-state index contributed by atoms with van der Waals surface area (Å²) in [5, 5.41) is 20.7. The molecule has 2 aliphatic rings. The van der Waals surface area contributed by atoms with Crippen LogP contribution in [0.1, 0.15) is 53.0 Å². The Morgan fingerprint density at radius 2 is 1.75 bits per heavy atom. The second-order valence-corrected chi connectivity index (χ2v) is 15.0. The van der Waals surface area contributed by atoms with E-state index in [0.717, 1.165) is 18.5 Å². The van der Waals surface area contributed by atoms with Crippen LogP contribution < -0.4 is 25.4 Å². The van der Waals surface area contributed by atoms with E-state index in [-0.39, 0.29) is 49.1 Å². The summed E-state index contributed by atoms with van der Waals surface area (Å²) in [5.74, 6) is 0.0778. The lowest BCUT2D eigenvalue weighted by atomic mass is 9.85. The van der Waals surface area contributed by atoms with Gasteiger partial charge in [0.25, 0.3) is 0 Å². The number of sulfonamides is 1. The van der Waals surface area contributed by atoms with E-state index >= 15 is 0 Å². The third-order valence-electron chi connectivity index (χ3n) is 7.82. The fourth-order valence-electron chi connectivity index (χ4n) is 5.44. The van der Waals surface area contributed by atoms with Gasteiger partial charge in [0, 0.05) is 19.2 Å². The summed E-state index contributed by atoms with van der Waals surface area (Å²) < 4.78 is 39.7. The highest BCUT2D eigenvalue weighted by atomic mass is 32.2. The topological polar surface area (TPSA) is 146 Å². The van der Waals surface area contributed by atoms with Crippen molar-refractivity contribution in [3.05, 3.63) is 54.1 Å². The third kappa shape index (κ3) is 8.50. The highest BCUT2D eigenvalue weighted by molar-refractivity contribution is 7.89. The van der Waals surface area contributed by atoms with Gasteiger partial charge in [0.05, 0.1) is 23.1 Å². The molecule has 1 saturated heterocycles. The number of nitrogens with zero attached hydrogens (tertiary/aromatic N) is 1. The molecule has 4 atom stereocenters. The minimum Gasteiger partial charge on any atom is -0.454 e. The molecule has 0 saturated carbocycles. The Morgan fingerprint density at radius 1 is 1.05 bits per heavy atom. The molecule has 0 radical (unpaired) electrons. The smallest absolute Gasteiger partial charge is 0.243 e. The maximum atomic E-state index is 13.9. The van der Waals surface area contributed by atoms with Gasteiger partial charge in [0.15, 0.2) is 11.5 Å². The third-order valence-corrected chi connectivity index (χ3v) is 9.65. The lowest BCUT2D eigenvalue weighted by Gasteiger charge is -2.35. The molecule has 2 aromatic rings. The zero-order valence-corrected chi connectivity index (χ0v) is 27.0. The Bertz CT molecular complexity index is 1390. The molecule has 0 aliphatic carbocycles. The van der Waals surface area contributed by atoms with Crippen LogP contribution in [0.25, 0.3) is 0 Å². The first-order valence-electron chi connectivity index (χ1n) is 15.2. The average Bonchev–Trinajstić information content (AvgIpc) is 3.67. The van der Waals surface area contributed by atoms with Crippen molar-refractivity contribution in [2.75, 3.05) is 26.4 Å². The van der Waals surface area contributed by atoms with Crippen molar-refractivity contribution < 1.29 is 32.6 Å². The average molecular weight is 631 g/mol. The number of hydrogen-bond acceptors (Lipinski definition) is 8. The number of aliphatic hydroxyl groups excluding tert-OH is 1. The number of rotatable bonds is 13. The number of carbonyl (C=O) groups excluding carboxylic acids is 2. The molecule has 0 aromatic heterocycles. The second kappa shape index (κ2) is 14.3. The van der Waals surface area contributed by atoms with Crippen LogP contribution in [0.5, 0.6) is 11.5 Å². The fraction of sp³-hybridized carbons (Fsp3) is 0.562. The predicted molar refractivity (Wildman–Crippen MR) is 167 cm³/mol. The summed E-state index contributed by atoms with van der Waals surface area (Å²) in [6.07, 6.45) is 0.568. The van der Waals surface area contributed by atoms with Gasteiger partial charge in [-0.3, -0.25) is 9.59 Å². The summed E-state index contributed by atoms with van der Waals surface area (Å²) in [7, 11) is -4.05. The van der Waals surface area contributed by atoms with Crippen molar-refractivity contribution in [3.8, 4) is 11.5 Å². The Labute approximate surface area is 260 Å². The van der Waals surface area contributed by atoms with E-state index in [9.17, 15) is 23.1 Å². The van der Waals surface area contributed by atoms with Gasteiger partial charge in [-0.2, -0.15) is 4.31 Å². The number of hydrogen-bond donors (Lipinski definition) is 4. The standard InChI is InChI=1S/C32H46N4O7S/c1-21(2)18-36(44(40,41)23-13-14-27-28(17-23)43-20-42-27)19-26(37)25(16-22-10-7-6-8-11-22)34-31(39)29(32(3,4)5)35-30(38)24-12-9-15-33-24/h6-8,10-11,13-14,17,21,24-26,29,33,37H,9,12,15-16,18-20H2,1-5H3,(H,34,39)(H,35,38)/t24-,25?,26+,29+/m0/s1. The Morgan fingerprint density at radius 3 is 2.39 bits per heavy atom. The van der Waals surface area contributed by atoms with E-state index in [2.05, 4.69) is 16.0 Å². The number of benzene rings is 2. The second-order valence-electron chi connectivity index (χ2n) is 13.1. The van der Waals surface area contributed by atoms with E-state index in [1.165, 1.54) is 16.4 Å². The summed E-state index contributed by atoms with van der Waals surface area (Å²) in [5.41, 5.74) is 0.227. The molecule has 12 heteroatoms. The fourth-order valence-corrected chi connectivity index (χ4v) is 7.08. The molecule has 11 nitrogen and oxygen atoms in total. The van der Waals surface area contributed by atoms with Gasteiger partial charge in [0.2, 0.25) is 28.6 Å². The van der Waals surface area contributed by atoms with Gasteiger partial charge in [-0.05, 0) is 54.8 Å². The molecule has 2 aliphatic heterocycles. The van der Waals surface area contributed by atoms with Crippen molar-refractivity contribution in [2.45, 2.75) is 83.0 Å². The molecule has 2 heterocycles. The molecule has 4 rings (SSSR count). The lowest BCUT2D eigenvalue weighted by Crippen LogP contribution is -2.60. The van der Waals surface area contributed by atoms with Crippen LogP contribution in [0, 0.1) is 11.3 Å². The molecular formula is C32H46N4O7S. The zero-order chi connectivity index (χ0) is 32.1. The van der Waals surface area contributed by atoms with Gasteiger partial charge in [0.1, 0.15) is 6.04 Å². The number of ether oxygens (including phenoxy) is 2. The Kier molecular flexibility index (Phi) is 10.9. The molecule has 4 N–H and O–H groups in total. The van der Waals surface area contributed by atoms with Crippen LogP contribution in [-0.4, -0.2) is 80.3 Å². The molecule has 0 spiro atoms. The molecule has 1 unspecified atom stereocenters. The summed E-state index contributed by atoms with van der Waals surface area (Å²) in [6.45, 7) is 10.0. The van der Waals surface area contributed by atoms with Gasteiger partial charge in [-0.15, -0.1) is 0 Å². The van der Waals surface area contributed by atoms with Crippen molar-refractivity contribution in [2.24, 2.45) is 11.3 Å². The van der Waals surface area contributed by atoms with Gasteiger partial charge in [-0.25, -0.2) is 8.42 Å². The highest BCUT2D eigenvalue weighted by Crippen LogP contribution is 2.35. The normalized spacial score (nSPS) is 18.7. The largest absolute Gasteiger partial charge is 0.454 e. The quantitative estimate of drug-likeness (QED) is 0.264. The minimum atomic E-state index is -4.05. The van der Waals surface area contributed by atoms with Crippen LogP contribution in [0.15, 0.2) is 53.4 Å². The summed E-state index contributed by atoms with van der Waals surface area (Å²) >= 11 is 0. The number of carbonyl (C=O) groups is 2. The number of fused-ring (bicyclic) bond motifs is 1. The van der Waals surface area contributed by atoms with Crippen LogP contribution in [-0.2, 0) is 26.0 Å². The van der Waals surface area contributed by atoms with Gasteiger partial charge < -0.3 is 30.5 Å². The monoisotopic (exact) mass is 630 g/mol. The van der Waals surface area contributed by atoms with Crippen LogP contribution in [0.4, 0.5) is 0 Å². The van der Waals surface area contributed by atoms with Gasteiger partial charge >= 0.3 is 0 Å².